The molecule has 0 atom stereocenters. The van der Waals surface area contributed by atoms with Crippen molar-refractivity contribution in [3.8, 4) is 0 Å². The minimum atomic E-state index is -0.483. The molecule has 1 amide bonds. The predicted octanol–water partition coefficient (Wildman–Crippen LogP) is 4.48. The summed E-state index contributed by atoms with van der Waals surface area (Å²) in [6.45, 7) is 8.72. The zero-order chi connectivity index (χ0) is 19.8. The number of hydrogen-bond acceptors (Lipinski definition) is 5. The minimum Gasteiger partial charge on any atom is -0.444 e. The smallest absolute Gasteiger partial charge is 0.410 e. The molecule has 2 aliphatic heterocycles. The normalized spacial score (nSPS) is 19.4. The molecule has 1 spiro atoms. The fourth-order valence-electron chi connectivity index (χ4n) is 3.90. The average Bonchev–Trinajstić information content (AvgIpc) is 2.97. The molecule has 27 heavy (non-hydrogen) atoms. The maximum Gasteiger partial charge on any atom is 0.410 e. The lowest BCUT2D eigenvalue weighted by atomic mass is 9.78. The third-order valence-corrected chi connectivity index (χ3v) is 5.70. The van der Waals surface area contributed by atoms with Crippen molar-refractivity contribution in [3.63, 3.8) is 0 Å². The predicted molar refractivity (Wildman–Crippen MR) is 104 cm³/mol. The summed E-state index contributed by atoms with van der Waals surface area (Å²) < 4.78 is 5.47. The maximum absolute atomic E-state index is 12.3. The van der Waals surface area contributed by atoms with Crippen molar-refractivity contribution < 1.29 is 14.5 Å². The van der Waals surface area contributed by atoms with Gasteiger partial charge in [-0.3, -0.25) is 10.1 Å². The molecule has 1 aromatic rings. The highest BCUT2D eigenvalue weighted by molar-refractivity contribution is 6.33. The number of benzene rings is 1. The molecule has 0 bridgehead atoms. The summed E-state index contributed by atoms with van der Waals surface area (Å²) in [6, 6.07) is 4.64. The van der Waals surface area contributed by atoms with Gasteiger partial charge in [-0.05, 0) is 51.5 Å². The number of amides is 1. The summed E-state index contributed by atoms with van der Waals surface area (Å²) in [5, 5.41) is 11.3. The number of non-ortho nitro benzene ring substituents is 1. The van der Waals surface area contributed by atoms with Gasteiger partial charge >= 0.3 is 6.09 Å². The summed E-state index contributed by atoms with van der Waals surface area (Å²) in [5.41, 5.74) is 0.518. The number of anilines is 1. The van der Waals surface area contributed by atoms with Gasteiger partial charge in [-0.15, -0.1) is 0 Å². The first-order valence-corrected chi connectivity index (χ1v) is 9.63. The molecule has 0 N–H and O–H groups in total. The lowest BCUT2D eigenvalue weighted by molar-refractivity contribution is -0.384. The summed E-state index contributed by atoms with van der Waals surface area (Å²) in [5.74, 6) is 0. The first-order chi connectivity index (χ1) is 12.6. The number of rotatable bonds is 2. The Balaban J connectivity index is 1.62. The molecule has 7 nitrogen and oxygen atoms in total. The second-order valence-corrected chi connectivity index (χ2v) is 8.94. The standard InChI is InChI=1S/C19H26ClN3O4/c1-18(2,3)27-17(24)21-9-6-19(7-10-21)8-11-22(13-19)16-5-4-14(23(25)26)12-15(16)20/h4-5,12H,6-11,13H2,1-3H3. The van der Waals surface area contributed by atoms with E-state index in [9.17, 15) is 14.9 Å². The fourth-order valence-corrected chi connectivity index (χ4v) is 4.20. The number of nitro benzene ring substituents is 1. The van der Waals surface area contributed by atoms with E-state index in [2.05, 4.69) is 4.90 Å². The van der Waals surface area contributed by atoms with Crippen LogP contribution in [0, 0.1) is 15.5 Å². The lowest BCUT2D eigenvalue weighted by Crippen LogP contribution is -2.46. The quantitative estimate of drug-likeness (QED) is 0.545. The van der Waals surface area contributed by atoms with E-state index in [1.54, 1.807) is 11.0 Å². The van der Waals surface area contributed by atoms with Gasteiger partial charge in [0.15, 0.2) is 0 Å². The highest BCUT2D eigenvalue weighted by Crippen LogP contribution is 2.43. The van der Waals surface area contributed by atoms with Gasteiger partial charge in [0.05, 0.1) is 15.6 Å². The average molecular weight is 396 g/mol. The van der Waals surface area contributed by atoms with Crippen LogP contribution in [0.3, 0.4) is 0 Å². The van der Waals surface area contributed by atoms with Gasteiger partial charge < -0.3 is 14.5 Å². The van der Waals surface area contributed by atoms with Crippen molar-refractivity contribution in [1.82, 2.24) is 4.90 Å². The van der Waals surface area contributed by atoms with Crippen LogP contribution in [-0.2, 0) is 4.74 Å². The van der Waals surface area contributed by atoms with Crippen LogP contribution in [0.1, 0.15) is 40.0 Å². The van der Waals surface area contributed by atoms with Gasteiger partial charge in [0.2, 0.25) is 0 Å². The maximum atomic E-state index is 12.3. The summed E-state index contributed by atoms with van der Waals surface area (Å²) in [6.07, 6.45) is 2.63. The lowest BCUT2D eigenvalue weighted by Gasteiger charge is -2.39. The van der Waals surface area contributed by atoms with Crippen LogP contribution in [-0.4, -0.2) is 47.7 Å². The van der Waals surface area contributed by atoms with Gasteiger partial charge in [-0.25, -0.2) is 4.79 Å². The van der Waals surface area contributed by atoms with Crippen molar-refractivity contribution in [2.24, 2.45) is 5.41 Å². The second-order valence-electron chi connectivity index (χ2n) is 8.53. The second kappa shape index (κ2) is 7.19. The molecular formula is C19H26ClN3O4. The number of halogens is 1. The van der Waals surface area contributed by atoms with Crippen LogP contribution < -0.4 is 4.90 Å². The fraction of sp³-hybridized carbons (Fsp3) is 0.632. The Kier molecular flexibility index (Phi) is 5.25. The molecule has 2 heterocycles. The van der Waals surface area contributed by atoms with Crippen molar-refractivity contribution in [1.29, 1.82) is 0 Å². The molecule has 3 rings (SSSR count). The SMILES string of the molecule is CC(C)(C)OC(=O)N1CCC2(CC1)CCN(c1ccc([N+](=O)[O-])cc1Cl)C2. The van der Waals surface area contributed by atoms with Crippen LogP contribution in [0.2, 0.25) is 5.02 Å². The third-order valence-electron chi connectivity index (χ3n) is 5.40. The highest BCUT2D eigenvalue weighted by Gasteiger charge is 2.42. The topological polar surface area (TPSA) is 75.9 Å². The van der Waals surface area contributed by atoms with Crippen LogP contribution in [0.4, 0.5) is 16.2 Å². The van der Waals surface area contributed by atoms with Crippen LogP contribution in [0.5, 0.6) is 0 Å². The molecule has 0 unspecified atom stereocenters. The first kappa shape index (κ1) is 19.7. The van der Waals surface area contributed by atoms with E-state index in [4.69, 9.17) is 16.3 Å². The molecule has 0 saturated carbocycles. The monoisotopic (exact) mass is 395 g/mol. The first-order valence-electron chi connectivity index (χ1n) is 9.25. The van der Waals surface area contributed by atoms with Crippen LogP contribution in [0.25, 0.3) is 0 Å². The van der Waals surface area contributed by atoms with Gasteiger partial charge in [0.25, 0.3) is 5.69 Å². The van der Waals surface area contributed by atoms with E-state index < -0.39 is 10.5 Å². The molecule has 0 aromatic heterocycles. The molecule has 0 radical (unpaired) electrons. The number of likely N-dealkylation sites (tertiary alicyclic amines) is 1. The molecule has 148 valence electrons. The van der Waals surface area contributed by atoms with Gasteiger partial charge in [-0.1, -0.05) is 11.6 Å². The Bertz CT molecular complexity index is 739. The molecule has 2 fully saturated rings. The number of ether oxygens (including phenoxy) is 1. The Morgan fingerprint density at radius 2 is 1.85 bits per heavy atom. The van der Waals surface area contributed by atoms with Crippen molar-refractivity contribution in [2.45, 2.75) is 45.6 Å². The van der Waals surface area contributed by atoms with Gasteiger partial charge in [0.1, 0.15) is 5.60 Å². The van der Waals surface area contributed by atoms with Gasteiger partial charge in [0, 0.05) is 38.3 Å². The van der Waals surface area contributed by atoms with E-state index in [1.165, 1.54) is 12.1 Å². The van der Waals surface area contributed by atoms with E-state index in [-0.39, 0.29) is 17.2 Å². The molecular weight excluding hydrogens is 370 g/mol. The Labute approximate surface area is 164 Å². The number of piperidine rings is 1. The van der Waals surface area contributed by atoms with E-state index >= 15 is 0 Å². The number of nitro groups is 1. The van der Waals surface area contributed by atoms with Gasteiger partial charge in [-0.2, -0.15) is 0 Å². The minimum absolute atomic E-state index is 0.00308. The van der Waals surface area contributed by atoms with Crippen LogP contribution in [0.15, 0.2) is 18.2 Å². The van der Waals surface area contributed by atoms with E-state index in [0.29, 0.717) is 18.1 Å². The van der Waals surface area contributed by atoms with Crippen molar-refractivity contribution in [3.05, 3.63) is 33.3 Å². The van der Waals surface area contributed by atoms with E-state index in [0.717, 1.165) is 38.0 Å². The zero-order valence-corrected chi connectivity index (χ0v) is 16.8. The molecule has 2 aliphatic rings. The van der Waals surface area contributed by atoms with Crippen molar-refractivity contribution >= 4 is 29.1 Å². The highest BCUT2D eigenvalue weighted by atomic mass is 35.5. The molecule has 1 aromatic carbocycles. The Morgan fingerprint density at radius 3 is 2.41 bits per heavy atom. The Hall–Kier alpha value is -2.02. The van der Waals surface area contributed by atoms with Crippen LogP contribution >= 0.6 is 11.6 Å². The zero-order valence-electron chi connectivity index (χ0n) is 16.0. The summed E-state index contributed by atoms with van der Waals surface area (Å²) in [4.78, 5) is 26.7. The number of nitrogens with zero attached hydrogens (tertiary/aromatic N) is 3. The number of carbonyl (C=O) groups excluding carboxylic acids is 1. The Morgan fingerprint density at radius 1 is 1.22 bits per heavy atom. The number of carbonyl (C=O) groups is 1. The molecule has 0 aliphatic carbocycles. The molecule has 8 heteroatoms. The number of hydrogen-bond donors (Lipinski definition) is 0. The molecule has 2 saturated heterocycles. The largest absolute Gasteiger partial charge is 0.444 e. The third kappa shape index (κ3) is 4.46. The summed E-state index contributed by atoms with van der Waals surface area (Å²) in [7, 11) is 0. The van der Waals surface area contributed by atoms with E-state index in [1.807, 2.05) is 20.8 Å². The summed E-state index contributed by atoms with van der Waals surface area (Å²) >= 11 is 6.29. The van der Waals surface area contributed by atoms with Crippen molar-refractivity contribution in [2.75, 3.05) is 31.1 Å².